The third kappa shape index (κ3) is 2.29. The first-order chi connectivity index (χ1) is 8.41. The first-order valence-corrected chi connectivity index (χ1v) is 5.97. The number of hydrogen-bond donors (Lipinski definition) is 1. The van der Waals surface area contributed by atoms with Crippen LogP contribution >= 0.6 is 0 Å². The van der Waals surface area contributed by atoms with Gasteiger partial charge in [0, 0.05) is 0 Å². The minimum Gasteiger partial charge on any atom is -0.381 e. The molecule has 0 fully saturated rings. The van der Waals surface area contributed by atoms with Gasteiger partial charge in [-0.1, -0.05) is 30.3 Å². The van der Waals surface area contributed by atoms with Crippen LogP contribution in [-0.2, 0) is 5.60 Å². The van der Waals surface area contributed by atoms with Crippen molar-refractivity contribution in [2.45, 2.75) is 26.4 Å². The number of aryl methyl sites for hydroxylation is 2. The predicted octanol–water partition coefficient (Wildman–Crippen LogP) is 3.70. The fourth-order valence-electron chi connectivity index (χ4n) is 2.00. The van der Waals surface area contributed by atoms with Crippen LogP contribution in [0.1, 0.15) is 29.2 Å². The molecule has 2 heteroatoms. The molecule has 1 atom stereocenters. The van der Waals surface area contributed by atoms with Gasteiger partial charge < -0.3 is 5.11 Å². The number of aliphatic hydroxyl groups is 1. The maximum atomic E-state index is 13.2. The summed E-state index contributed by atoms with van der Waals surface area (Å²) in [6.45, 7) is 5.71. The molecular formula is C16H17FO. The topological polar surface area (TPSA) is 20.2 Å². The normalized spacial score (nSPS) is 14.3. The first-order valence-electron chi connectivity index (χ1n) is 5.97. The molecule has 2 rings (SSSR count). The van der Waals surface area contributed by atoms with E-state index in [-0.39, 0.29) is 5.82 Å². The number of halogens is 1. The lowest BCUT2D eigenvalue weighted by molar-refractivity contribution is 0.102. The second-order valence-electron chi connectivity index (χ2n) is 4.88. The molecular weight excluding hydrogens is 227 g/mol. The van der Waals surface area contributed by atoms with Gasteiger partial charge in [-0.05, 0) is 55.2 Å². The van der Waals surface area contributed by atoms with Gasteiger partial charge in [0.15, 0.2) is 0 Å². The first kappa shape index (κ1) is 12.8. The van der Waals surface area contributed by atoms with Gasteiger partial charge in [0.2, 0.25) is 0 Å². The molecule has 0 aliphatic rings. The van der Waals surface area contributed by atoms with Crippen molar-refractivity contribution in [1.29, 1.82) is 0 Å². The summed E-state index contributed by atoms with van der Waals surface area (Å²) >= 11 is 0. The minimum atomic E-state index is -1.18. The van der Waals surface area contributed by atoms with Crippen molar-refractivity contribution in [3.63, 3.8) is 0 Å². The smallest absolute Gasteiger partial charge is 0.123 e. The third-order valence-electron chi connectivity index (χ3n) is 3.46. The van der Waals surface area contributed by atoms with E-state index in [0.29, 0.717) is 5.56 Å². The molecule has 0 heterocycles. The number of hydrogen-bond acceptors (Lipinski definition) is 1. The molecule has 0 aliphatic carbocycles. The van der Waals surface area contributed by atoms with Crippen molar-refractivity contribution in [1.82, 2.24) is 0 Å². The highest BCUT2D eigenvalue weighted by Gasteiger charge is 2.26. The molecule has 1 N–H and O–H groups in total. The minimum absolute atomic E-state index is 0.336. The molecule has 0 spiro atoms. The maximum Gasteiger partial charge on any atom is 0.123 e. The van der Waals surface area contributed by atoms with Crippen LogP contribution in [0.25, 0.3) is 0 Å². The van der Waals surface area contributed by atoms with Crippen molar-refractivity contribution >= 4 is 0 Å². The van der Waals surface area contributed by atoms with Gasteiger partial charge in [-0.3, -0.25) is 0 Å². The van der Waals surface area contributed by atoms with E-state index < -0.39 is 5.60 Å². The SMILES string of the molecule is Cc1ccc(C(C)(O)c2cccc(F)c2)cc1C. The Morgan fingerprint density at radius 3 is 2.22 bits per heavy atom. The molecule has 0 radical (unpaired) electrons. The van der Waals surface area contributed by atoms with Crippen molar-refractivity contribution in [2.24, 2.45) is 0 Å². The van der Waals surface area contributed by atoms with E-state index in [9.17, 15) is 9.50 Å². The Morgan fingerprint density at radius 1 is 0.944 bits per heavy atom. The number of benzene rings is 2. The van der Waals surface area contributed by atoms with Crippen LogP contribution in [0.5, 0.6) is 0 Å². The standard InChI is InChI=1S/C16H17FO/c1-11-7-8-14(9-12(11)2)16(3,18)13-5-4-6-15(17)10-13/h4-10,18H,1-3H3. The second kappa shape index (κ2) is 4.54. The average Bonchev–Trinajstić information content (AvgIpc) is 2.32. The Morgan fingerprint density at radius 2 is 1.61 bits per heavy atom. The Bertz CT molecular complexity index is 573. The number of rotatable bonds is 2. The maximum absolute atomic E-state index is 13.2. The molecule has 0 aromatic heterocycles. The van der Waals surface area contributed by atoms with Crippen LogP contribution in [0, 0.1) is 19.7 Å². The zero-order chi connectivity index (χ0) is 13.3. The lowest BCUT2D eigenvalue weighted by atomic mass is 9.87. The van der Waals surface area contributed by atoms with Crippen LogP contribution in [0.15, 0.2) is 42.5 Å². The molecule has 18 heavy (non-hydrogen) atoms. The molecule has 94 valence electrons. The third-order valence-corrected chi connectivity index (χ3v) is 3.46. The van der Waals surface area contributed by atoms with Crippen molar-refractivity contribution in [2.75, 3.05) is 0 Å². The van der Waals surface area contributed by atoms with Crippen molar-refractivity contribution in [3.05, 3.63) is 70.5 Å². The average molecular weight is 244 g/mol. The van der Waals surface area contributed by atoms with Gasteiger partial charge in [-0.25, -0.2) is 4.39 Å². The summed E-state index contributed by atoms with van der Waals surface area (Å²) in [4.78, 5) is 0. The predicted molar refractivity (Wildman–Crippen MR) is 71.0 cm³/mol. The van der Waals surface area contributed by atoms with E-state index in [2.05, 4.69) is 0 Å². The second-order valence-corrected chi connectivity index (χ2v) is 4.88. The van der Waals surface area contributed by atoms with Gasteiger partial charge in [0.25, 0.3) is 0 Å². The van der Waals surface area contributed by atoms with Crippen molar-refractivity contribution in [3.8, 4) is 0 Å². The monoisotopic (exact) mass is 244 g/mol. The lowest BCUT2D eigenvalue weighted by Crippen LogP contribution is -2.23. The van der Waals surface area contributed by atoms with Crippen molar-refractivity contribution < 1.29 is 9.50 Å². The summed E-state index contributed by atoms with van der Waals surface area (Å²) in [6.07, 6.45) is 0. The summed E-state index contributed by atoms with van der Waals surface area (Å²) in [6, 6.07) is 11.9. The van der Waals surface area contributed by atoms with E-state index in [1.807, 2.05) is 32.0 Å². The molecule has 2 aromatic rings. The van der Waals surface area contributed by atoms with E-state index >= 15 is 0 Å². The lowest BCUT2D eigenvalue weighted by Gasteiger charge is -2.25. The molecule has 0 saturated heterocycles. The van der Waals surface area contributed by atoms with Crippen LogP contribution in [0.4, 0.5) is 4.39 Å². The van der Waals surface area contributed by atoms with Crippen LogP contribution < -0.4 is 0 Å². The van der Waals surface area contributed by atoms with Gasteiger partial charge in [-0.2, -0.15) is 0 Å². The Labute approximate surface area is 107 Å². The molecule has 1 unspecified atom stereocenters. The van der Waals surface area contributed by atoms with Gasteiger partial charge in [0.1, 0.15) is 11.4 Å². The summed E-state index contributed by atoms with van der Waals surface area (Å²) in [5.74, 6) is -0.336. The highest BCUT2D eigenvalue weighted by Crippen LogP contribution is 2.30. The summed E-state index contributed by atoms with van der Waals surface area (Å²) in [5, 5.41) is 10.6. The molecule has 0 bridgehead atoms. The fraction of sp³-hybridized carbons (Fsp3) is 0.250. The van der Waals surface area contributed by atoms with Gasteiger partial charge in [-0.15, -0.1) is 0 Å². The van der Waals surface area contributed by atoms with Crippen LogP contribution in [0.2, 0.25) is 0 Å². The molecule has 0 amide bonds. The highest BCUT2D eigenvalue weighted by molar-refractivity contribution is 5.39. The highest BCUT2D eigenvalue weighted by atomic mass is 19.1. The van der Waals surface area contributed by atoms with E-state index in [1.54, 1.807) is 19.1 Å². The van der Waals surface area contributed by atoms with Gasteiger partial charge in [0.05, 0.1) is 0 Å². The Hall–Kier alpha value is -1.67. The quantitative estimate of drug-likeness (QED) is 0.854. The molecule has 2 aromatic carbocycles. The molecule has 0 saturated carbocycles. The summed E-state index contributed by atoms with van der Waals surface area (Å²) in [5.41, 5.74) is 2.44. The zero-order valence-corrected chi connectivity index (χ0v) is 10.9. The van der Waals surface area contributed by atoms with E-state index in [0.717, 1.165) is 11.1 Å². The molecule has 1 nitrogen and oxygen atoms in total. The summed E-state index contributed by atoms with van der Waals surface area (Å²) in [7, 11) is 0. The fourth-order valence-corrected chi connectivity index (χ4v) is 2.00. The zero-order valence-electron chi connectivity index (χ0n) is 10.9. The van der Waals surface area contributed by atoms with Crippen LogP contribution in [0.3, 0.4) is 0 Å². The Kier molecular flexibility index (Phi) is 3.22. The van der Waals surface area contributed by atoms with Gasteiger partial charge >= 0.3 is 0 Å². The van der Waals surface area contributed by atoms with E-state index in [1.165, 1.54) is 17.7 Å². The van der Waals surface area contributed by atoms with E-state index in [4.69, 9.17) is 0 Å². The Balaban J connectivity index is 2.50. The molecule has 0 aliphatic heterocycles. The largest absolute Gasteiger partial charge is 0.381 e. The van der Waals surface area contributed by atoms with Crippen LogP contribution in [-0.4, -0.2) is 5.11 Å². The summed E-state index contributed by atoms with van der Waals surface area (Å²) < 4.78 is 13.2.